The molecule has 7 nitrogen and oxygen atoms in total. The van der Waals surface area contributed by atoms with E-state index in [0.29, 0.717) is 23.9 Å². The molecule has 0 aliphatic heterocycles. The van der Waals surface area contributed by atoms with E-state index in [4.69, 9.17) is 0 Å². The van der Waals surface area contributed by atoms with Crippen LogP contribution in [0.25, 0.3) is 5.95 Å². The van der Waals surface area contributed by atoms with Gasteiger partial charge in [0.1, 0.15) is 0 Å². The summed E-state index contributed by atoms with van der Waals surface area (Å²) in [7, 11) is 1.80. The summed E-state index contributed by atoms with van der Waals surface area (Å²) in [5.74, 6) is 1.69. The molecule has 0 spiro atoms. The maximum absolute atomic E-state index is 4.48. The van der Waals surface area contributed by atoms with Crippen LogP contribution in [-0.2, 0) is 0 Å². The van der Waals surface area contributed by atoms with Crippen LogP contribution in [0.3, 0.4) is 0 Å². The Morgan fingerprint density at radius 1 is 1.05 bits per heavy atom. The molecule has 1 saturated carbocycles. The lowest BCUT2D eigenvalue weighted by Gasteiger charge is -2.16. The van der Waals surface area contributed by atoms with Crippen molar-refractivity contribution in [2.75, 3.05) is 17.7 Å². The molecule has 3 rings (SSSR count). The van der Waals surface area contributed by atoms with Gasteiger partial charge < -0.3 is 10.6 Å². The van der Waals surface area contributed by atoms with Crippen LogP contribution in [0.5, 0.6) is 0 Å². The highest BCUT2D eigenvalue weighted by Crippen LogP contribution is 2.20. The molecule has 0 amide bonds. The van der Waals surface area contributed by atoms with Crippen LogP contribution in [0.2, 0.25) is 0 Å². The zero-order valence-corrected chi connectivity index (χ0v) is 12.3. The number of nitrogens with one attached hydrogen (secondary N) is 2. The normalized spacial score (nSPS) is 16.4. The highest BCUT2D eigenvalue weighted by molar-refractivity contribution is 5.38. The van der Waals surface area contributed by atoms with Crippen LogP contribution in [0, 0.1) is 0 Å². The molecule has 21 heavy (non-hydrogen) atoms. The molecule has 7 heteroatoms. The highest BCUT2D eigenvalue weighted by Gasteiger charge is 2.15. The van der Waals surface area contributed by atoms with E-state index in [1.54, 1.807) is 17.9 Å². The van der Waals surface area contributed by atoms with Gasteiger partial charge in [0.15, 0.2) is 0 Å². The summed E-state index contributed by atoms with van der Waals surface area (Å²) in [6.45, 7) is 0. The minimum atomic E-state index is 0.449. The van der Waals surface area contributed by atoms with E-state index in [0.717, 1.165) is 0 Å². The Bertz CT molecular complexity index is 559. The minimum absolute atomic E-state index is 0.449. The second kappa shape index (κ2) is 6.51. The highest BCUT2D eigenvalue weighted by atomic mass is 15.4. The molecule has 0 atom stereocenters. The fourth-order valence-corrected chi connectivity index (χ4v) is 2.64. The Morgan fingerprint density at radius 3 is 2.48 bits per heavy atom. The van der Waals surface area contributed by atoms with E-state index in [9.17, 15) is 0 Å². The summed E-state index contributed by atoms with van der Waals surface area (Å²) in [6.07, 6.45) is 11.1. The fraction of sp³-hybridized carbons (Fsp3) is 0.571. The van der Waals surface area contributed by atoms with Crippen molar-refractivity contribution in [3.8, 4) is 5.95 Å². The van der Waals surface area contributed by atoms with Gasteiger partial charge in [-0.15, -0.1) is 0 Å². The van der Waals surface area contributed by atoms with Crippen molar-refractivity contribution < 1.29 is 0 Å². The van der Waals surface area contributed by atoms with Gasteiger partial charge in [0.25, 0.3) is 5.95 Å². The van der Waals surface area contributed by atoms with Gasteiger partial charge in [0, 0.05) is 25.5 Å². The van der Waals surface area contributed by atoms with Crippen molar-refractivity contribution in [3.63, 3.8) is 0 Å². The molecule has 2 aromatic rings. The second-order valence-electron chi connectivity index (χ2n) is 5.32. The minimum Gasteiger partial charge on any atom is -0.357 e. The molecule has 2 heterocycles. The largest absolute Gasteiger partial charge is 0.357 e. The molecular weight excluding hydrogens is 266 g/mol. The third-order valence-corrected chi connectivity index (χ3v) is 3.74. The molecule has 1 fully saturated rings. The monoisotopic (exact) mass is 287 g/mol. The van der Waals surface area contributed by atoms with Crippen LogP contribution < -0.4 is 10.6 Å². The number of aromatic nitrogens is 5. The third kappa shape index (κ3) is 3.48. The topological polar surface area (TPSA) is 80.5 Å². The number of anilines is 2. The van der Waals surface area contributed by atoms with Crippen LogP contribution in [0.15, 0.2) is 18.5 Å². The predicted molar refractivity (Wildman–Crippen MR) is 81.6 cm³/mol. The smallest absolute Gasteiger partial charge is 0.257 e. The lowest BCUT2D eigenvalue weighted by Crippen LogP contribution is -2.21. The van der Waals surface area contributed by atoms with Gasteiger partial charge in [0.05, 0.1) is 0 Å². The molecule has 1 aliphatic rings. The van der Waals surface area contributed by atoms with Crippen molar-refractivity contribution in [2.45, 2.75) is 44.6 Å². The number of nitrogens with zero attached hydrogens (tertiary/aromatic N) is 5. The summed E-state index contributed by atoms with van der Waals surface area (Å²) >= 11 is 0. The van der Waals surface area contributed by atoms with Crippen molar-refractivity contribution in [2.24, 2.45) is 0 Å². The molecule has 2 N–H and O–H groups in total. The van der Waals surface area contributed by atoms with Crippen molar-refractivity contribution in [1.29, 1.82) is 0 Å². The summed E-state index contributed by atoms with van der Waals surface area (Å²) in [4.78, 5) is 13.2. The Balaban J connectivity index is 1.82. The second-order valence-corrected chi connectivity index (χ2v) is 5.32. The first kappa shape index (κ1) is 13.8. The average molecular weight is 287 g/mol. The maximum Gasteiger partial charge on any atom is 0.257 e. The van der Waals surface area contributed by atoms with E-state index in [2.05, 4.69) is 30.7 Å². The van der Waals surface area contributed by atoms with Gasteiger partial charge in [0.2, 0.25) is 11.9 Å². The number of rotatable bonds is 4. The van der Waals surface area contributed by atoms with E-state index in [1.807, 2.05) is 12.3 Å². The Hall–Kier alpha value is -2.18. The van der Waals surface area contributed by atoms with Crippen molar-refractivity contribution in [1.82, 2.24) is 24.7 Å². The van der Waals surface area contributed by atoms with Crippen LogP contribution in [0.1, 0.15) is 38.5 Å². The lowest BCUT2D eigenvalue weighted by atomic mass is 10.1. The van der Waals surface area contributed by atoms with E-state index < -0.39 is 0 Å². The molecule has 2 aromatic heterocycles. The summed E-state index contributed by atoms with van der Waals surface area (Å²) < 4.78 is 1.64. The number of hydrogen-bond donors (Lipinski definition) is 2. The Kier molecular flexibility index (Phi) is 4.28. The SMILES string of the molecule is CNc1nc(NC2CCCCCC2)nc(-n2cccn2)n1. The first-order chi connectivity index (χ1) is 10.3. The lowest BCUT2D eigenvalue weighted by molar-refractivity contribution is 0.613. The van der Waals surface area contributed by atoms with E-state index >= 15 is 0 Å². The first-order valence-corrected chi connectivity index (χ1v) is 7.55. The van der Waals surface area contributed by atoms with Gasteiger partial charge in [-0.1, -0.05) is 25.7 Å². The molecule has 0 radical (unpaired) electrons. The zero-order valence-electron chi connectivity index (χ0n) is 12.3. The van der Waals surface area contributed by atoms with Gasteiger partial charge in [-0.2, -0.15) is 20.1 Å². The number of hydrogen-bond acceptors (Lipinski definition) is 6. The molecular formula is C14H21N7. The predicted octanol–water partition coefficient (Wildman–Crippen LogP) is 2.23. The van der Waals surface area contributed by atoms with Crippen LogP contribution >= 0.6 is 0 Å². The van der Waals surface area contributed by atoms with Crippen LogP contribution in [0.4, 0.5) is 11.9 Å². The van der Waals surface area contributed by atoms with Crippen molar-refractivity contribution in [3.05, 3.63) is 18.5 Å². The first-order valence-electron chi connectivity index (χ1n) is 7.55. The van der Waals surface area contributed by atoms with Gasteiger partial charge >= 0.3 is 0 Å². The molecule has 0 unspecified atom stereocenters. The zero-order chi connectivity index (χ0) is 14.5. The van der Waals surface area contributed by atoms with Gasteiger partial charge in [-0.3, -0.25) is 0 Å². The molecule has 0 bridgehead atoms. The maximum atomic E-state index is 4.48. The summed E-state index contributed by atoms with van der Waals surface area (Å²) in [5, 5.41) is 10.6. The van der Waals surface area contributed by atoms with Crippen molar-refractivity contribution >= 4 is 11.9 Å². The summed E-state index contributed by atoms with van der Waals surface area (Å²) in [5.41, 5.74) is 0. The molecule has 112 valence electrons. The van der Waals surface area contributed by atoms with Crippen LogP contribution in [-0.4, -0.2) is 37.8 Å². The fourth-order valence-electron chi connectivity index (χ4n) is 2.64. The van der Waals surface area contributed by atoms with Gasteiger partial charge in [-0.25, -0.2) is 4.68 Å². The Morgan fingerprint density at radius 2 is 1.81 bits per heavy atom. The quantitative estimate of drug-likeness (QED) is 0.839. The average Bonchev–Trinajstić information content (AvgIpc) is 2.93. The Labute approximate surface area is 124 Å². The van der Waals surface area contributed by atoms with E-state index in [1.165, 1.54) is 38.5 Å². The molecule has 0 saturated heterocycles. The third-order valence-electron chi connectivity index (χ3n) is 3.74. The molecule has 0 aromatic carbocycles. The van der Waals surface area contributed by atoms with E-state index in [-0.39, 0.29) is 0 Å². The molecule has 1 aliphatic carbocycles. The van der Waals surface area contributed by atoms with Gasteiger partial charge in [-0.05, 0) is 18.9 Å². The standard InChI is InChI=1S/C14H21N7/c1-15-12-18-13(17-11-7-4-2-3-5-8-11)20-14(19-12)21-10-6-9-16-21/h6,9-11H,2-5,7-8H2,1H3,(H2,15,17,18,19,20). The summed E-state index contributed by atoms with van der Waals surface area (Å²) in [6, 6.07) is 2.30.